The van der Waals surface area contributed by atoms with Gasteiger partial charge in [0.15, 0.2) is 0 Å². The van der Waals surface area contributed by atoms with Crippen molar-refractivity contribution in [1.82, 2.24) is 9.88 Å². The lowest BCUT2D eigenvalue weighted by Crippen LogP contribution is -2.29. The van der Waals surface area contributed by atoms with Crippen molar-refractivity contribution < 1.29 is 9.90 Å². The predicted octanol–water partition coefficient (Wildman–Crippen LogP) is 2.20. The summed E-state index contributed by atoms with van der Waals surface area (Å²) in [5.41, 5.74) is 2.22. The lowest BCUT2D eigenvalue weighted by Gasteiger charge is -2.06. The van der Waals surface area contributed by atoms with Crippen molar-refractivity contribution in [3.8, 4) is 5.75 Å². The highest BCUT2D eigenvalue weighted by Crippen LogP contribution is 2.24. The zero-order valence-electron chi connectivity index (χ0n) is 11.6. The number of aryl methyl sites for hydroxylation is 1. The van der Waals surface area contributed by atoms with Gasteiger partial charge in [0.1, 0.15) is 5.75 Å². The van der Waals surface area contributed by atoms with E-state index in [1.807, 2.05) is 37.7 Å². The largest absolute Gasteiger partial charge is 0.508 e. The summed E-state index contributed by atoms with van der Waals surface area (Å²) < 4.78 is 2.04. The number of rotatable bonds is 4. The van der Waals surface area contributed by atoms with E-state index in [0.717, 1.165) is 22.9 Å². The quantitative estimate of drug-likeness (QED) is 0.885. The fourth-order valence-corrected chi connectivity index (χ4v) is 2.19. The third-order valence-electron chi connectivity index (χ3n) is 3.27. The van der Waals surface area contributed by atoms with Crippen molar-refractivity contribution in [3.05, 3.63) is 30.0 Å². The summed E-state index contributed by atoms with van der Waals surface area (Å²) in [5.74, 6) is 0.353. The average Bonchev–Trinajstić information content (AvgIpc) is 2.65. The number of nitrogens with zero attached hydrogens (tertiary/aromatic N) is 1. The van der Waals surface area contributed by atoms with E-state index in [2.05, 4.69) is 5.32 Å². The Bertz CT molecular complexity index is 599. The molecule has 2 N–H and O–H groups in total. The maximum Gasteiger partial charge on any atom is 0.222 e. The van der Waals surface area contributed by atoms with Crippen LogP contribution >= 0.6 is 0 Å². The molecule has 0 aliphatic rings. The van der Waals surface area contributed by atoms with Crippen LogP contribution in [0.15, 0.2) is 24.4 Å². The van der Waals surface area contributed by atoms with Gasteiger partial charge < -0.3 is 15.0 Å². The Morgan fingerprint density at radius 1 is 1.42 bits per heavy atom. The third-order valence-corrected chi connectivity index (χ3v) is 3.27. The van der Waals surface area contributed by atoms with Crippen LogP contribution in [0.4, 0.5) is 0 Å². The Labute approximate surface area is 113 Å². The fourth-order valence-electron chi connectivity index (χ4n) is 2.19. The lowest BCUT2D eigenvalue weighted by molar-refractivity contribution is -0.123. The topological polar surface area (TPSA) is 54.3 Å². The number of benzene rings is 1. The van der Waals surface area contributed by atoms with Crippen molar-refractivity contribution in [2.45, 2.75) is 20.3 Å². The summed E-state index contributed by atoms with van der Waals surface area (Å²) in [5, 5.41) is 13.5. The second-order valence-corrected chi connectivity index (χ2v) is 5.16. The van der Waals surface area contributed by atoms with Gasteiger partial charge in [0.2, 0.25) is 5.91 Å². The molecule has 4 nitrogen and oxygen atoms in total. The van der Waals surface area contributed by atoms with Gasteiger partial charge in [-0.3, -0.25) is 4.79 Å². The van der Waals surface area contributed by atoms with Crippen LogP contribution in [0.1, 0.15) is 19.4 Å². The van der Waals surface area contributed by atoms with E-state index in [-0.39, 0.29) is 17.6 Å². The number of phenols is 1. The summed E-state index contributed by atoms with van der Waals surface area (Å²) in [6.45, 7) is 4.38. The van der Waals surface area contributed by atoms with Gasteiger partial charge in [-0.1, -0.05) is 13.8 Å². The molecule has 0 spiro atoms. The molecule has 1 aromatic carbocycles. The number of nitrogens with one attached hydrogen (secondary N) is 1. The first-order valence-corrected chi connectivity index (χ1v) is 6.53. The molecule has 19 heavy (non-hydrogen) atoms. The highest BCUT2D eigenvalue weighted by atomic mass is 16.3. The third kappa shape index (κ3) is 2.89. The molecule has 0 saturated heterocycles. The maximum absolute atomic E-state index is 11.5. The SMILES string of the molecule is CC(C)C(=O)NCCc1cn(C)c2ccc(O)cc12. The van der Waals surface area contributed by atoms with E-state index in [0.29, 0.717) is 6.54 Å². The van der Waals surface area contributed by atoms with Crippen LogP contribution in [0.5, 0.6) is 5.75 Å². The van der Waals surface area contributed by atoms with E-state index in [4.69, 9.17) is 0 Å². The average molecular weight is 260 g/mol. The molecule has 0 aliphatic carbocycles. The molecule has 1 amide bonds. The minimum atomic E-state index is 0.0107. The predicted molar refractivity (Wildman–Crippen MR) is 76.1 cm³/mol. The number of carbonyl (C=O) groups excluding carboxylic acids is 1. The molecule has 0 aliphatic heterocycles. The first-order valence-electron chi connectivity index (χ1n) is 6.53. The normalized spacial score (nSPS) is 11.2. The first kappa shape index (κ1) is 13.5. The zero-order chi connectivity index (χ0) is 14.0. The number of hydrogen-bond donors (Lipinski definition) is 2. The second-order valence-electron chi connectivity index (χ2n) is 5.16. The van der Waals surface area contributed by atoms with Gasteiger partial charge in [-0.15, -0.1) is 0 Å². The van der Waals surface area contributed by atoms with Crippen molar-refractivity contribution in [2.75, 3.05) is 6.54 Å². The first-order chi connectivity index (χ1) is 8.99. The zero-order valence-corrected chi connectivity index (χ0v) is 11.6. The number of aromatic nitrogens is 1. The van der Waals surface area contributed by atoms with Gasteiger partial charge in [-0.2, -0.15) is 0 Å². The minimum Gasteiger partial charge on any atom is -0.508 e. The molecule has 0 radical (unpaired) electrons. The van der Waals surface area contributed by atoms with E-state index < -0.39 is 0 Å². The van der Waals surface area contributed by atoms with Crippen molar-refractivity contribution in [2.24, 2.45) is 13.0 Å². The summed E-state index contributed by atoms with van der Waals surface area (Å²) in [6.07, 6.45) is 2.81. The van der Waals surface area contributed by atoms with Gasteiger partial charge in [0.05, 0.1) is 0 Å². The molecule has 2 rings (SSSR count). The van der Waals surface area contributed by atoms with E-state index in [9.17, 15) is 9.90 Å². The van der Waals surface area contributed by atoms with E-state index in [1.54, 1.807) is 12.1 Å². The molecule has 0 bridgehead atoms. The van der Waals surface area contributed by atoms with Crippen LogP contribution < -0.4 is 5.32 Å². The molecule has 0 fully saturated rings. The van der Waals surface area contributed by atoms with Crippen molar-refractivity contribution in [3.63, 3.8) is 0 Å². The van der Waals surface area contributed by atoms with Gasteiger partial charge in [0.25, 0.3) is 0 Å². The lowest BCUT2D eigenvalue weighted by atomic mass is 10.1. The minimum absolute atomic E-state index is 0.0107. The monoisotopic (exact) mass is 260 g/mol. The Morgan fingerprint density at radius 2 is 2.16 bits per heavy atom. The molecule has 102 valence electrons. The highest BCUT2D eigenvalue weighted by molar-refractivity contribution is 5.85. The van der Waals surface area contributed by atoms with Gasteiger partial charge in [-0.25, -0.2) is 0 Å². The second kappa shape index (κ2) is 5.34. The molecule has 0 saturated carbocycles. The van der Waals surface area contributed by atoms with Gasteiger partial charge in [0, 0.05) is 36.6 Å². The van der Waals surface area contributed by atoms with Gasteiger partial charge >= 0.3 is 0 Å². The molecule has 0 atom stereocenters. The number of aromatic hydroxyl groups is 1. The number of carbonyl (C=O) groups is 1. The van der Waals surface area contributed by atoms with E-state index >= 15 is 0 Å². The number of amides is 1. The Hall–Kier alpha value is -1.97. The standard InChI is InChI=1S/C15H20N2O2/c1-10(2)15(19)16-7-6-11-9-17(3)14-5-4-12(18)8-13(11)14/h4-5,8-10,18H,6-7H2,1-3H3,(H,16,19). The summed E-state index contributed by atoms with van der Waals surface area (Å²) in [6, 6.07) is 5.36. The Balaban J connectivity index is 2.13. The summed E-state index contributed by atoms with van der Waals surface area (Å²) in [4.78, 5) is 11.5. The number of hydrogen-bond acceptors (Lipinski definition) is 2. The molecular formula is C15H20N2O2. The van der Waals surface area contributed by atoms with Gasteiger partial charge in [-0.05, 0) is 30.2 Å². The molecule has 1 heterocycles. The molecule has 4 heteroatoms. The van der Waals surface area contributed by atoms with Crippen molar-refractivity contribution in [1.29, 1.82) is 0 Å². The maximum atomic E-state index is 11.5. The van der Waals surface area contributed by atoms with Crippen molar-refractivity contribution >= 4 is 16.8 Å². The Kier molecular flexibility index (Phi) is 3.79. The summed E-state index contributed by atoms with van der Waals surface area (Å²) >= 11 is 0. The molecular weight excluding hydrogens is 240 g/mol. The number of phenolic OH excluding ortho intramolecular Hbond substituents is 1. The van der Waals surface area contributed by atoms with Crippen LogP contribution in [0.25, 0.3) is 10.9 Å². The summed E-state index contributed by atoms with van der Waals surface area (Å²) in [7, 11) is 1.98. The van der Waals surface area contributed by atoms with Crippen LogP contribution in [0, 0.1) is 5.92 Å². The smallest absolute Gasteiger partial charge is 0.222 e. The van der Waals surface area contributed by atoms with Crippen LogP contribution in [0.3, 0.4) is 0 Å². The molecule has 0 unspecified atom stereocenters. The molecule has 1 aromatic heterocycles. The number of fused-ring (bicyclic) bond motifs is 1. The highest BCUT2D eigenvalue weighted by Gasteiger charge is 2.09. The molecule has 2 aromatic rings. The van der Waals surface area contributed by atoms with E-state index in [1.165, 1.54) is 0 Å². The van der Waals surface area contributed by atoms with Crippen LogP contribution in [-0.2, 0) is 18.3 Å². The van der Waals surface area contributed by atoms with Crippen LogP contribution in [-0.4, -0.2) is 22.1 Å². The van der Waals surface area contributed by atoms with Crippen LogP contribution in [0.2, 0.25) is 0 Å². The fraction of sp³-hybridized carbons (Fsp3) is 0.400. The Morgan fingerprint density at radius 3 is 2.84 bits per heavy atom.